The Kier molecular flexibility index (Phi) is 4.21. The zero-order valence-electron chi connectivity index (χ0n) is 10.8. The summed E-state index contributed by atoms with van der Waals surface area (Å²) in [6.07, 6.45) is 3.20. The minimum absolute atomic E-state index is 0.0351. The number of anilines is 1. The number of rotatable bonds is 4. The van der Waals surface area contributed by atoms with E-state index in [1.807, 2.05) is 0 Å². The second kappa shape index (κ2) is 5.88. The summed E-state index contributed by atoms with van der Waals surface area (Å²) in [5.41, 5.74) is 0.774. The van der Waals surface area contributed by atoms with E-state index in [2.05, 4.69) is 5.32 Å². The van der Waals surface area contributed by atoms with Crippen LogP contribution in [0.4, 0.5) is 11.4 Å². The molecule has 1 aliphatic carbocycles. The van der Waals surface area contributed by atoms with Gasteiger partial charge in [-0.15, -0.1) is 0 Å². The van der Waals surface area contributed by atoms with Crippen LogP contribution in [0.3, 0.4) is 0 Å². The van der Waals surface area contributed by atoms with Crippen LogP contribution in [-0.4, -0.2) is 29.3 Å². The summed E-state index contributed by atoms with van der Waals surface area (Å²) in [6.45, 7) is 0. The van der Waals surface area contributed by atoms with Gasteiger partial charge in [0, 0.05) is 23.9 Å². The number of hydrogen-bond acceptors (Lipinski definition) is 5. The van der Waals surface area contributed by atoms with Crippen molar-refractivity contribution in [3.8, 4) is 5.75 Å². The number of ether oxygens (including phenoxy) is 1. The molecule has 19 heavy (non-hydrogen) atoms. The van der Waals surface area contributed by atoms with Crippen molar-refractivity contribution in [2.45, 2.75) is 37.8 Å². The maximum Gasteiger partial charge on any atom is 0.311 e. The highest BCUT2D eigenvalue weighted by atomic mass is 16.6. The molecule has 1 aliphatic rings. The van der Waals surface area contributed by atoms with Crippen LogP contribution in [0.2, 0.25) is 0 Å². The number of benzene rings is 1. The zero-order chi connectivity index (χ0) is 13.8. The highest BCUT2D eigenvalue weighted by Crippen LogP contribution is 2.31. The van der Waals surface area contributed by atoms with Crippen molar-refractivity contribution in [1.82, 2.24) is 0 Å². The van der Waals surface area contributed by atoms with Gasteiger partial charge >= 0.3 is 5.69 Å². The van der Waals surface area contributed by atoms with Crippen molar-refractivity contribution < 1.29 is 14.8 Å². The number of nitro groups is 1. The standard InChI is InChI=1S/C13H18N2O4/c1-19-13-8-10(4-7-12(13)15(17)18)14-9-2-5-11(16)6-3-9/h4,7-9,11,14,16H,2-3,5-6H2,1H3. The van der Waals surface area contributed by atoms with E-state index in [-0.39, 0.29) is 17.5 Å². The van der Waals surface area contributed by atoms with E-state index in [1.165, 1.54) is 13.2 Å². The molecule has 0 amide bonds. The van der Waals surface area contributed by atoms with E-state index in [1.54, 1.807) is 12.1 Å². The summed E-state index contributed by atoms with van der Waals surface area (Å²) < 4.78 is 5.03. The fourth-order valence-corrected chi connectivity index (χ4v) is 2.37. The van der Waals surface area contributed by atoms with Gasteiger partial charge in [0.1, 0.15) is 0 Å². The largest absolute Gasteiger partial charge is 0.490 e. The van der Waals surface area contributed by atoms with Gasteiger partial charge in [-0.25, -0.2) is 0 Å². The minimum atomic E-state index is -0.459. The van der Waals surface area contributed by atoms with Gasteiger partial charge in [-0.2, -0.15) is 0 Å². The molecule has 0 aromatic heterocycles. The molecule has 0 bridgehead atoms. The van der Waals surface area contributed by atoms with Crippen LogP contribution in [0.5, 0.6) is 5.75 Å². The van der Waals surface area contributed by atoms with Gasteiger partial charge in [0.05, 0.1) is 18.1 Å². The molecule has 1 saturated carbocycles. The molecule has 0 saturated heterocycles. The summed E-state index contributed by atoms with van der Waals surface area (Å²) in [4.78, 5) is 10.3. The van der Waals surface area contributed by atoms with E-state index in [4.69, 9.17) is 4.74 Å². The monoisotopic (exact) mass is 266 g/mol. The average molecular weight is 266 g/mol. The van der Waals surface area contributed by atoms with Gasteiger partial charge in [-0.1, -0.05) is 0 Å². The second-order valence-corrected chi connectivity index (χ2v) is 4.79. The van der Waals surface area contributed by atoms with Crippen LogP contribution in [-0.2, 0) is 0 Å². The summed E-state index contributed by atoms with van der Waals surface area (Å²) in [6, 6.07) is 5.07. The minimum Gasteiger partial charge on any atom is -0.490 e. The van der Waals surface area contributed by atoms with Crippen LogP contribution in [0.15, 0.2) is 18.2 Å². The highest BCUT2D eigenvalue weighted by Gasteiger charge is 2.20. The third kappa shape index (κ3) is 3.35. The summed E-state index contributed by atoms with van der Waals surface area (Å²) in [7, 11) is 1.42. The Bertz CT molecular complexity index is 456. The average Bonchev–Trinajstić information content (AvgIpc) is 2.41. The van der Waals surface area contributed by atoms with Crippen molar-refractivity contribution in [1.29, 1.82) is 0 Å². The molecule has 0 atom stereocenters. The van der Waals surface area contributed by atoms with Crippen molar-refractivity contribution in [3.05, 3.63) is 28.3 Å². The molecule has 0 radical (unpaired) electrons. The van der Waals surface area contributed by atoms with Gasteiger partial charge in [-0.05, 0) is 31.7 Å². The molecule has 2 N–H and O–H groups in total. The van der Waals surface area contributed by atoms with Gasteiger partial charge in [0.2, 0.25) is 0 Å². The Morgan fingerprint density at radius 1 is 1.37 bits per heavy atom. The lowest BCUT2D eigenvalue weighted by Gasteiger charge is -2.27. The van der Waals surface area contributed by atoms with Crippen LogP contribution >= 0.6 is 0 Å². The topological polar surface area (TPSA) is 84.6 Å². The number of nitrogens with zero attached hydrogens (tertiary/aromatic N) is 1. The lowest BCUT2D eigenvalue weighted by atomic mass is 9.93. The quantitative estimate of drug-likeness (QED) is 0.645. The summed E-state index contributed by atoms with van der Waals surface area (Å²) >= 11 is 0. The first-order chi connectivity index (χ1) is 9.10. The molecule has 6 heteroatoms. The normalized spacial score (nSPS) is 22.8. The van der Waals surface area contributed by atoms with Gasteiger partial charge in [-0.3, -0.25) is 10.1 Å². The zero-order valence-corrected chi connectivity index (χ0v) is 10.8. The summed E-state index contributed by atoms with van der Waals surface area (Å²) in [5, 5.41) is 23.6. The predicted molar refractivity (Wildman–Crippen MR) is 71.5 cm³/mol. The Morgan fingerprint density at radius 2 is 2.05 bits per heavy atom. The van der Waals surface area contributed by atoms with E-state index >= 15 is 0 Å². The molecule has 1 aromatic rings. The van der Waals surface area contributed by atoms with Crippen molar-refractivity contribution in [2.24, 2.45) is 0 Å². The molecule has 0 unspecified atom stereocenters. The van der Waals surface area contributed by atoms with Crippen molar-refractivity contribution >= 4 is 11.4 Å². The molecule has 2 rings (SSSR count). The first-order valence-electron chi connectivity index (χ1n) is 6.37. The van der Waals surface area contributed by atoms with Crippen LogP contribution in [0.25, 0.3) is 0 Å². The smallest absolute Gasteiger partial charge is 0.311 e. The molecule has 0 aliphatic heterocycles. The number of nitrogens with one attached hydrogen (secondary N) is 1. The Labute approximate surface area is 111 Å². The fraction of sp³-hybridized carbons (Fsp3) is 0.538. The first kappa shape index (κ1) is 13.6. The van der Waals surface area contributed by atoms with Crippen molar-refractivity contribution in [3.63, 3.8) is 0 Å². The van der Waals surface area contributed by atoms with Gasteiger partial charge < -0.3 is 15.2 Å². The van der Waals surface area contributed by atoms with E-state index < -0.39 is 4.92 Å². The second-order valence-electron chi connectivity index (χ2n) is 4.79. The molecule has 1 fully saturated rings. The Balaban J connectivity index is 2.07. The molecule has 0 spiro atoms. The lowest BCUT2D eigenvalue weighted by Crippen LogP contribution is -2.28. The van der Waals surface area contributed by atoms with Crippen LogP contribution in [0.1, 0.15) is 25.7 Å². The predicted octanol–water partition coefficient (Wildman–Crippen LogP) is 2.32. The number of methoxy groups -OCH3 is 1. The number of nitro benzene ring substituents is 1. The number of aliphatic hydroxyl groups is 1. The Hall–Kier alpha value is -1.82. The molecule has 0 heterocycles. The van der Waals surface area contributed by atoms with Gasteiger partial charge in [0.15, 0.2) is 5.75 Å². The number of aliphatic hydroxyl groups excluding tert-OH is 1. The maximum absolute atomic E-state index is 10.8. The van der Waals surface area contributed by atoms with Crippen LogP contribution < -0.4 is 10.1 Å². The van der Waals surface area contributed by atoms with E-state index in [0.29, 0.717) is 6.04 Å². The van der Waals surface area contributed by atoms with Gasteiger partial charge in [0.25, 0.3) is 0 Å². The first-order valence-corrected chi connectivity index (χ1v) is 6.37. The van der Waals surface area contributed by atoms with E-state index in [0.717, 1.165) is 31.4 Å². The summed E-state index contributed by atoms with van der Waals surface area (Å²) in [5.74, 6) is 0.255. The maximum atomic E-state index is 10.8. The molecular formula is C13H18N2O4. The fourth-order valence-electron chi connectivity index (χ4n) is 2.37. The SMILES string of the molecule is COc1cc(NC2CCC(O)CC2)ccc1[N+](=O)[O-]. The molecule has 1 aromatic carbocycles. The third-order valence-corrected chi connectivity index (χ3v) is 3.44. The third-order valence-electron chi connectivity index (χ3n) is 3.44. The molecule has 104 valence electrons. The molecular weight excluding hydrogens is 248 g/mol. The number of hydrogen-bond donors (Lipinski definition) is 2. The molecule has 6 nitrogen and oxygen atoms in total. The highest BCUT2D eigenvalue weighted by molar-refractivity contribution is 5.58. The van der Waals surface area contributed by atoms with Crippen molar-refractivity contribution in [2.75, 3.05) is 12.4 Å². The van der Waals surface area contributed by atoms with Crippen LogP contribution in [0, 0.1) is 10.1 Å². The van der Waals surface area contributed by atoms with E-state index in [9.17, 15) is 15.2 Å². The Morgan fingerprint density at radius 3 is 2.63 bits per heavy atom. The lowest BCUT2D eigenvalue weighted by molar-refractivity contribution is -0.385.